The van der Waals surface area contributed by atoms with E-state index in [0.29, 0.717) is 32.8 Å². The van der Waals surface area contributed by atoms with Gasteiger partial charge in [-0.15, -0.1) is 11.3 Å². The number of thioether (sulfide) groups is 1. The summed E-state index contributed by atoms with van der Waals surface area (Å²) in [6.45, 7) is 7.67. The number of pyridine rings is 1. The van der Waals surface area contributed by atoms with Crippen LogP contribution in [0.4, 0.5) is 26.7 Å². The Morgan fingerprint density at radius 1 is 1.21 bits per heavy atom. The summed E-state index contributed by atoms with van der Waals surface area (Å²) >= 11 is 2.72. The van der Waals surface area contributed by atoms with Crippen molar-refractivity contribution in [1.82, 2.24) is 9.97 Å². The molecule has 2 aromatic carbocycles. The highest BCUT2D eigenvalue weighted by Crippen LogP contribution is 2.42. The van der Waals surface area contributed by atoms with E-state index in [1.807, 2.05) is 5.38 Å². The molecule has 4 N–H and O–H groups in total. The summed E-state index contributed by atoms with van der Waals surface area (Å²) in [5.41, 5.74) is 9.11. The zero-order valence-electron chi connectivity index (χ0n) is 20.6. The lowest BCUT2D eigenvalue weighted by atomic mass is 10.00. The molecule has 4 aromatic rings. The molecule has 0 saturated heterocycles. The number of aliphatic hydroxyl groups is 1. The Morgan fingerprint density at radius 3 is 2.64 bits per heavy atom. The highest BCUT2D eigenvalue weighted by Gasteiger charge is 2.27. The maximum absolute atomic E-state index is 13.2. The van der Waals surface area contributed by atoms with Crippen molar-refractivity contribution in [3.63, 3.8) is 0 Å². The molecule has 39 heavy (non-hydrogen) atoms. The van der Waals surface area contributed by atoms with Crippen LogP contribution in [-0.4, -0.2) is 27.3 Å². The lowest BCUT2D eigenvalue weighted by Crippen LogP contribution is -2.25. The van der Waals surface area contributed by atoms with Crippen LogP contribution in [0.15, 0.2) is 58.9 Å². The summed E-state index contributed by atoms with van der Waals surface area (Å²) in [7, 11) is 0. The van der Waals surface area contributed by atoms with Gasteiger partial charge < -0.3 is 20.9 Å². The molecule has 8 nitrogen and oxygen atoms in total. The van der Waals surface area contributed by atoms with Crippen LogP contribution in [0.5, 0.6) is 5.75 Å². The average molecular weight is 559 g/mol. The number of hydrogen-bond donors (Lipinski definition) is 3. The Hall–Kier alpha value is -4.16. The summed E-state index contributed by atoms with van der Waals surface area (Å²) in [4.78, 5) is 12.5. The van der Waals surface area contributed by atoms with Gasteiger partial charge in [-0.25, -0.2) is 19.2 Å². The summed E-state index contributed by atoms with van der Waals surface area (Å²) in [6.07, 6.45) is 1.74. The molecule has 2 atom stereocenters. The third kappa shape index (κ3) is 5.96. The Labute approximate surface area is 233 Å². The van der Waals surface area contributed by atoms with Gasteiger partial charge in [-0.3, -0.25) is 0 Å². The lowest BCUT2D eigenvalue weighted by molar-refractivity contribution is 0.0604. The Bertz CT molecular complexity index is 1560. The van der Waals surface area contributed by atoms with Crippen molar-refractivity contribution in [3.8, 4) is 22.9 Å². The van der Waals surface area contributed by atoms with Gasteiger partial charge in [0.05, 0.1) is 23.9 Å². The summed E-state index contributed by atoms with van der Waals surface area (Å²) in [6, 6.07) is 15.3. The molecule has 2 aromatic heterocycles. The van der Waals surface area contributed by atoms with Gasteiger partial charge in [0.15, 0.2) is 5.13 Å². The first-order valence-electron chi connectivity index (χ1n) is 12.1. The van der Waals surface area contributed by atoms with Crippen molar-refractivity contribution in [1.29, 1.82) is 5.26 Å². The predicted molar refractivity (Wildman–Crippen MR) is 151 cm³/mol. The van der Waals surface area contributed by atoms with Crippen molar-refractivity contribution in [2.75, 3.05) is 11.1 Å². The number of benzene rings is 2. The van der Waals surface area contributed by atoms with Crippen molar-refractivity contribution in [2.24, 2.45) is 0 Å². The molecule has 1 aliphatic carbocycles. The Kier molecular flexibility index (Phi) is 7.94. The third-order valence-corrected chi connectivity index (χ3v) is 8.06. The number of nitrogens with one attached hydrogen (secondary N) is 1. The molecule has 0 radical (unpaired) electrons. The van der Waals surface area contributed by atoms with Crippen molar-refractivity contribution in [3.05, 3.63) is 82.4 Å². The molecule has 0 aliphatic heterocycles. The van der Waals surface area contributed by atoms with Gasteiger partial charge in [0, 0.05) is 22.4 Å². The zero-order chi connectivity index (χ0) is 27.4. The van der Waals surface area contributed by atoms with Gasteiger partial charge in [-0.2, -0.15) is 5.26 Å². The average Bonchev–Trinajstić information content (AvgIpc) is 3.57. The minimum atomic E-state index is -0.476. The number of thiazole rings is 1. The number of nitrogens with zero attached hydrogens (tertiary/aromatic N) is 4. The number of nitrogen functional groups attached to an aromatic ring is 1. The fourth-order valence-corrected chi connectivity index (χ4v) is 6.05. The minimum Gasteiger partial charge on any atom is -0.488 e. The first-order chi connectivity index (χ1) is 18.9. The van der Waals surface area contributed by atoms with Gasteiger partial charge in [-0.05, 0) is 61.2 Å². The molecule has 1 saturated carbocycles. The number of nitrogens with two attached hydrogens (primary N) is 1. The van der Waals surface area contributed by atoms with E-state index in [9.17, 15) is 14.8 Å². The lowest BCUT2D eigenvalue weighted by Gasteiger charge is -2.18. The SMILES string of the molecule is [C-]#[N+]c1c(N)nc(SCc2csc(Nc3ccc(F)cc3)n2)c(C#N)c1-c1ccc(O[C@H]2CCC[C@@H]2O)cc1. The van der Waals surface area contributed by atoms with Crippen LogP contribution in [0.25, 0.3) is 16.0 Å². The van der Waals surface area contributed by atoms with Crippen LogP contribution >= 0.6 is 23.1 Å². The molecule has 0 spiro atoms. The molecule has 5 rings (SSSR count). The van der Waals surface area contributed by atoms with Crippen molar-refractivity contribution >= 4 is 45.4 Å². The van der Waals surface area contributed by atoms with E-state index in [-0.39, 0.29) is 29.0 Å². The smallest absolute Gasteiger partial charge is 0.236 e. The van der Waals surface area contributed by atoms with E-state index in [1.54, 1.807) is 36.4 Å². The van der Waals surface area contributed by atoms with Crippen LogP contribution in [0.3, 0.4) is 0 Å². The molecule has 0 amide bonds. The predicted octanol–water partition coefficient (Wildman–Crippen LogP) is 6.68. The number of halogens is 1. The second kappa shape index (κ2) is 11.7. The highest BCUT2D eigenvalue weighted by atomic mass is 32.2. The Balaban J connectivity index is 1.36. The maximum atomic E-state index is 13.2. The van der Waals surface area contributed by atoms with E-state index in [4.69, 9.17) is 17.0 Å². The number of nitriles is 1. The molecule has 11 heteroatoms. The standard InChI is InChI=1S/C28H23FN6O2S2/c1-32-25-24(16-5-11-20(12-6-16)37-23-4-2-3-22(23)36)21(13-30)27(35-26(25)31)38-14-19-15-39-28(34-19)33-18-9-7-17(29)8-10-18/h5-12,15,22-23,36H,2-4,14H2,(H2,31,35)(H,33,34)/t22-,23-/m0/s1. The second-order valence-corrected chi connectivity index (χ2v) is 10.7. The first kappa shape index (κ1) is 26.4. The maximum Gasteiger partial charge on any atom is 0.236 e. The van der Waals surface area contributed by atoms with E-state index >= 15 is 0 Å². The molecular weight excluding hydrogens is 535 g/mol. The number of ether oxygens (including phenoxy) is 1. The van der Waals surface area contributed by atoms with Gasteiger partial charge in [-0.1, -0.05) is 23.9 Å². The van der Waals surface area contributed by atoms with Crippen LogP contribution in [0.1, 0.15) is 30.5 Å². The minimum absolute atomic E-state index is 0.0489. The first-order valence-corrected chi connectivity index (χ1v) is 14.0. The molecule has 196 valence electrons. The molecular formula is C28H23FN6O2S2. The quantitative estimate of drug-likeness (QED) is 0.162. The van der Waals surface area contributed by atoms with Crippen molar-refractivity contribution in [2.45, 2.75) is 42.2 Å². The molecule has 1 aliphatic rings. The number of aromatic nitrogens is 2. The van der Waals surface area contributed by atoms with E-state index < -0.39 is 6.10 Å². The van der Waals surface area contributed by atoms with Crippen LogP contribution in [0, 0.1) is 23.7 Å². The summed E-state index contributed by atoms with van der Waals surface area (Å²) in [5.74, 6) is 0.773. The van der Waals surface area contributed by atoms with Crippen LogP contribution in [-0.2, 0) is 5.75 Å². The third-order valence-electron chi connectivity index (χ3n) is 6.24. The topological polar surface area (TPSA) is 121 Å². The number of aliphatic hydroxyl groups excluding tert-OH is 1. The monoisotopic (exact) mass is 558 g/mol. The van der Waals surface area contributed by atoms with Gasteiger partial charge in [0.25, 0.3) is 0 Å². The molecule has 0 bridgehead atoms. The summed E-state index contributed by atoms with van der Waals surface area (Å²) < 4.78 is 19.1. The highest BCUT2D eigenvalue weighted by molar-refractivity contribution is 7.98. The molecule has 0 unspecified atom stereocenters. The van der Waals surface area contributed by atoms with Crippen molar-refractivity contribution < 1.29 is 14.2 Å². The second-order valence-electron chi connectivity index (χ2n) is 8.87. The fourth-order valence-electron chi connectivity index (χ4n) is 4.32. The van der Waals surface area contributed by atoms with Gasteiger partial charge >= 0.3 is 0 Å². The van der Waals surface area contributed by atoms with Gasteiger partial charge in [0.2, 0.25) is 5.69 Å². The zero-order valence-corrected chi connectivity index (χ0v) is 22.2. The van der Waals surface area contributed by atoms with E-state index in [1.165, 1.54) is 35.2 Å². The number of hydrogen-bond acceptors (Lipinski definition) is 9. The molecule has 1 fully saturated rings. The normalized spacial score (nSPS) is 16.4. The largest absolute Gasteiger partial charge is 0.488 e. The van der Waals surface area contributed by atoms with Gasteiger partial charge in [0.1, 0.15) is 34.6 Å². The van der Waals surface area contributed by atoms with E-state index in [0.717, 1.165) is 30.6 Å². The van der Waals surface area contributed by atoms with Crippen LogP contribution < -0.4 is 15.8 Å². The Morgan fingerprint density at radius 2 is 1.97 bits per heavy atom. The fraction of sp³-hybridized carbons (Fsp3) is 0.214. The summed E-state index contributed by atoms with van der Waals surface area (Å²) in [5, 5.41) is 26.2. The number of anilines is 3. The van der Waals surface area contributed by atoms with Crippen LogP contribution in [0.2, 0.25) is 0 Å². The van der Waals surface area contributed by atoms with E-state index in [2.05, 4.69) is 26.2 Å². The molecule has 2 heterocycles. The number of rotatable bonds is 8.